The van der Waals surface area contributed by atoms with Gasteiger partial charge in [-0.15, -0.1) is 0 Å². The third-order valence-electron chi connectivity index (χ3n) is 2.50. The quantitative estimate of drug-likeness (QED) is 0.516. The van der Waals surface area contributed by atoms with Crippen molar-refractivity contribution in [2.24, 2.45) is 5.84 Å². The normalized spacial score (nSPS) is 12.7. The van der Waals surface area contributed by atoms with E-state index in [0.29, 0.717) is 0 Å². The number of fused-ring (bicyclic) bond motifs is 1. The van der Waals surface area contributed by atoms with Crippen molar-refractivity contribution in [3.05, 3.63) is 46.1 Å². The van der Waals surface area contributed by atoms with E-state index in [1.54, 1.807) is 0 Å². The van der Waals surface area contributed by atoms with Crippen molar-refractivity contribution in [3.63, 3.8) is 0 Å². The Morgan fingerprint density at radius 1 is 1.47 bits per heavy atom. The second-order valence-electron chi connectivity index (χ2n) is 4.20. The predicted octanol–water partition coefficient (Wildman–Crippen LogP) is 3.67. The van der Waals surface area contributed by atoms with E-state index in [1.165, 1.54) is 5.57 Å². The Balaban J connectivity index is 2.48. The topological polar surface area (TPSA) is 51.2 Å². The van der Waals surface area contributed by atoms with E-state index >= 15 is 0 Å². The molecule has 0 radical (unpaired) electrons. The lowest BCUT2D eigenvalue weighted by molar-refractivity contribution is 0.483. The van der Waals surface area contributed by atoms with E-state index < -0.39 is 0 Å². The molecule has 2 aromatic rings. The Kier molecular flexibility index (Phi) is 3.66. The molecule has 0 amide bonds. The number of hydrogen-bond acceptors (Lipinski definition) is 3. The van der Waals surface area contributed by atoms with Gasteiger partial charge in [0, 0.05) is 5.39 Å². The van der Waals surface area contributed by atoms with E-state index in [0.717, 1.165) is 21.2 Å². The zero-order chi connectivity index (χ0) is 12.4. The summed E-state index contributed by atoms with van der Waals surface area (Å²) in [6.45, 7) is 4.06. The SMILES string of the molecule is CC(C)=CC(NN)c1cc2cccc(Br)c2o1. The van der Waals surface area contributed by atoms with Crippen molar-refractivity contribution in [2.45, 2.75) is 19.9 Å². The summed E-state index contributed by atoms with van der Waals surface area (Å²) in [6.07, 6.45) is 2.03. The van der Waals surface area contributed by atoms with Crippen molar-refractivity contribution >= 4 is 26.9 Å². The van der Waals surface area contributed by atoms with Gasteiger partial charge in [-0.3, -0.25) is 5.84 Å². The van der Waals surface area contributed by atoms with Crippen LogP contribution in [0.15, 0.2) is 44.8 Å². The summed E-state index contributed by atoms with van der Waals surface area (Å²) in [5.74, 6) is 6.36. The number of halogens is 1. The van der Waals surface area contributed by atoms with E-state index in [-0.39, 0.29) is 6.04 Å². The van der Waals surface area contributed by atoms with Gasteiger partial charge >= 0.3 is 0 Å². The minimum atomic E-state index is -0.0979. The largest absolute Gasteiger partial charge is 0.458 e. The maximum Gasteiger partial charge on any atom is 0.148 e. The molecule has 0 fully saturated rings. The fraction of sp³-hybridized carbons (Fsp3) is 0.231. The molecule has 17 heavy (non-hydrogen) atoms. The molecule has 0 spiro atoms. The van der Waals surface area contributed by atoms with E-state index in [1.807, 2.05) is 44.2 Å². The smallest absolute Gasteiger partial charge is 0.148 e. The highest BCUT2D eigenvalue weighted by Crippen LogP contribution is 2.30. The Bertz CT molecular complexity index is 556. The Morgan fingerprint density at radius 2 is 2.24 bits per heavy atom. The first kappa shape index (κ1) is 12.4. The number of hydrazine groups is 1. The number of hydrogen-bond donors (Lipinski definition) is 2. The van der Waals surface area contributed by atoms with Crippen LogP contribution in [0.4, 0.5) is 0 Å². The zero-order valence-corrected chi connectivity index (χ0v) is 11.4. The number of para-hydroxylation sites is 1. The van der Waals surface area contributed by atoms with Crippen molar-refractivity contribution in [3.8, 4) is 0 Å². The average molecular weight is 295 g/mol. The van der Waals surface area contributed by atoms with E-state index in [9.17, 15) is 0 Å². The van der Waals surface area contributed by atoms with Crippen molar-refractivity contribution < 1.29 is 4.42 Å². The molecule has 3 N–H and O–H groups in total. The molecule has 1 heterocycles. The molecule has 1 aromatic carbocycles. The summed E-state index contributed by atoms with van der Waals surface area (Å²) in [7, 11) is 0. The predicted molar refractivity (Wildman–Crippen MR) is 73.4 cm³/mol. The minimum Gasteiger partial charge on any atom is -0.458 e. The first-order valence-corrected chi connectivity index (χ1v) is 6.20. The van der Waals surface area contributed by atoms with Crippen LogP contribution in [0.2, 0.25) is 0 Å². The molecule has 1 unspecified atom stereocenters. The van der Waals surface area contributed by atoms with Gasteiger partial charge in [-0.2, -0.15) is 0 Å². The molecule has 0 saturated carbocycles. The van der Waals surface area contributed by atoms with Gasteiger partial charge in [0.25, 0.3) is 0 Å². The van der Waals surface area contributed by atoms with Crippen LogP contribution in [-0.2, 0) is 0 Å². The highest BCUT2D eigenvalue weighted by Gasteiger charge is 2.13. The summed E-state index contributed by atoms with van der Waals surface area (Å²) < 4.78 is 6.77. The first-order chi connectivity index (χ1) is 8.11. The number of nitrogens with one attached hydrogen (secondary N) is 1. The fourth-order valence-corrected chi connectivity index (χ4v) is 2.21. The fourth-order valence-electron chi connectivity index (χ4n) is 1.75. The van der Waals surface area contributed by atoms with Gasteiger partial charge in [-0.25, -0.2) is 5.43 Å². The first-order valence-electron chi connectivity index (χ1n) is 5.41. The number of furan rings is 1. The molecular formula is C13H15BrN2O. The van der Waals surface area contributed by atoms with E-state index in [2.05, 4.69) is 21.4 Å². The molecule has 0 aliphatic heterocycles. The van der Waals surface area contributed by atoms with Crippen LogP contribution in [0.25, 0.3) is 11.0 Å². The standard InChI is InChI=1S/C13H15BrN2O/c1-8(2)6-11(16-15)12-7-9-4-3-5-10(14)13(9)17-12/h3-7,11,16H,15H2,1-2H3. The molecule has 1 atom stereocenters. The van der Waals surface area contributed by atoms with Gasteiger partial charge in [-0.1, -0.05) is 23.8 Å². The Hall–Kier alpha value is -1.10. The van der Waals surface area contributed by atoms with Crippen LogP contribution < -0.4 is 11.3 Å². The lowest BCUT2D eigenvalue weighted by Gasteiger charge is -2.08. The summed E-state index contributed by atoms with van der Waals surface area (Å²) in [5.41, 5.74) is 4.78. The molecule has 1 aromatic heterocycles. The van der Waals surface area contributed by atoms with E-state index in [4.69, 9.17) is 10.3 Å². The average Bonchev–Trinajstić information content (AvgIpc) is 2.70. The number of rotatable bonds is 3. The van der Waals surface area contributed by atoms with Gasteiger partial charge in [0.1, 0.15) is 11.3 Å². The Morgan fingerprint density at radius 3 is 2.82 bits per heavy atom. The zero-order valence-electron chi connectivity index (χ0n) is 9.83. The molecule has 90 valence electrons. The van der Waals surface area contributed by atoms with Crippen LogP contribution >= 0.6 is 15.9 Å². The Labute approximate surface area is 109 Å². The van der Waals surface area contributed by atoms with Gasteiger partial charge in [-0.05, 0) is 41.9 Å². The van der Waals surface area contributed by atoms with Gasteiger partial charge in [0.2, 0.25) is 0 Å². The summed E-state index contributed by atoms with van der Waals surface area (Å²) in [4.78, 5) is 0. The lowest BCUT2D eigenvalue weighted by Crippen LogP contribution is -2.26. The highest BCUT2D eigenvalue weighted by molar-refractivity contribution is 9.10. The molecule has 0 bridgehead atoms. The number of allylic oxidation sites excluding steroid dienone is 1. The maximum atomic E-state index is 5.82. The van der Waals surface area contributed by atoms with Gasteiger partial charge in [0.05, 0.1) is 10.5 Å². The van der Waals surface area contributed by atoms with Gasteiger partial charge < -0.3 is 4.42 Å². The second-order valence-corrected chi connectivity index (χ2v) is 5.05. The maximum absolute atomic E-state index is 5.82. The van der Waals surface area contributed by atoms with Crippen LogP contribution in [0.1, 0.15) is 25.6 Å². The summed E-state index contributed by atoms with van der Waals surface area (Å²) >= 11 is 3.47. The van der Waals surface area contributed by atoms with Crippen molar-refractivity contribution in [1.82, 2.24) is 5.43 Å². The number of benzene rings is 1. The molecule has 3 nitrogen and oxygen atoms in total. The summed E-state index contributed by atoms with van der Waals surface area (Å²) in [5, 5.41) is 1.07. The van der Waals surface area contributed by atoms with Gasteiger partial charge in [0.15, 0.2) is 0 Å². The molecule has 0 aliphatic carbocycles. The van der Waals surface area contributed by atoms with Crippen LogP contribution in [-0.4, -0.2) is 0 Å². The van der Waals surface area contributed by atoms with Crippen molar-refractivity contribution in [2.75, 3.05) is 0 Å². The lowest BCUT2D eigenvalue weighted by atomic mass is 10.1. The monoisotopic (exact) mass is 294 g/mol. The molecule has 0 saturated heterocycles. The minimum absolute atomic E-state index is 0.0979. The molecule has 4 heteroatoms. The van der Waals surface area contributed by atoms with Crippen LogP contribution in [0, 0.1) is 0 Å². The van der Waals surface area contributed by atoms with Crippen LogP contribution in [0.3, 0.4) is 0 Å². The van der Waals surface area contributed by atoms with Crippen LogP contribution in [0.5, 0.6) is 0 Å². The third-order valence-corrected chi connectivity index (χ3v) is 3.13. The molecule has 2 rings (SSSR count). The highest BCUT2D eigenvalue weighted by atomic mass is 79.9. The van der Waals surface area contributed by atoms with Crippen molar-refractivity contribution in [1.29, 1.82) is 0 Å². The second kappa shape index (κ2) is 5.04. The number of nitrogens with two attached hydrogens (primary N) is 1. The third kappa shape index (κ3) is 2.60. The summed E-state index contributed by atoms with van der Waals surface area (Å²) in [6, 6.07) is 7.87. The molecule has 0 aliphatic rings. The molecular weight excluding hydrogens is 280 g/mol.